The van der Waals surface area contributed by atoms with Crippen LogP contribution in [-0.4, -0.2) is 31.1 Å². The first-order valence-corrected chi connectivity index (χ1v) is 8.88. The zero-order valence-electron chi connectivity index (χ0n) is 12.6. The lowest BCUT2D eigenvalue weighted by Crippen LogP contribution is -2.28. The summed E-state index contributed by atoms with van der Waals surface area (Å²) in [5, 5.41) is 5.50. The lowest BCUT2D eigenvalue weighted by atomic mass is 9.86. The molecule has 116 valence electrons. The normalized spacial score (nSPS) is 25.3. The van der Waals surface area contributed by atoms with Gasteiger partial charge in [-0.25, -0.2) is 4.39 Å². The Bertz CT molecular complexity index is 647. The van der Waals surface area contributed by atoms with Crippen molar-refractivity contribution < 1.29 is 4.39 Å². The van der Waals surface area contributed by atoms with Crippen LogP contribution < -0.4 is 5.32 Å². The SMILES string of the molecule is Fc1ccc(CN2CCC3(CCNC3)C2)cc1-c1cccs1. The Morgan fingerprint density at radius 1 is 1.27 bits per heavy atom. The largest absolute Gasteiger partial charge is 0.316 e. The van der Waals surface area contributed by atoms with E-state index in [1.165, 1.54) is 24.9 Å². The molecule has 1 unspecified atom stereocenters. The fraction of sp³-hybridized carbons (Fsp3) is 0.444. The van der Waals surface area contributed by atoms with Crippen molar-refractivity contribution in [3.63, 3.8) is 0 Å². The molecular weight excluding hydrogens is 295 g/mol. The van der Waals surface area contributed by atoms with Crippen LogP contribution in [0.25, 0.3) is 10.4 Å². The van der Waals surface area contributed by atoms with Gasteiger partial charge in [0.25, 0.3) is 0 Å². The Kier molecular flexibility index (Phi) is 3.76. The summed E-state index contributed by atoms with van der Waals surface area (Å²) >= 11 is 1.60. The second-order valence-corrected chi connectivity index (χ2v) is 7.63. The summed E-state index contributed by atoms with van der Waals surface area (Å²) in [7, 11) is 0. The Balaban J connectivity index is 1.51. The van der Waals surface area contributed by atoms with E-state index in [0.29, 0.717) is 5.41 Å². The maximum Gasteiger partial charge on any atom is 0.131 e. The summed E-state index contributed by atoms with van der Waals surface area (Å²) in [4.78, 5) is 3.54. The van der Waals surface area contributed by atoms with E-state index in [1.807, 2.05) is 29.6 Å². The third-order valence-electron chi connectivity index (χ3n) is 5.07. The predicted octanol–water partition coefficient (Wildman–Crippen LogP) is 3.74. The molecule has 1 aromatic heterocycles. The molecule has 2 saturated heterocycles. The van der Waals surface area contributed by atoms with Crippen molar-refractivity contribution in [2.75, 3.05) is 26.2 Å². The van der Waals surface area contributed by atoms with Crippen molar-refractivity contribution in [1.29, 1.82) is 0 Å². The summed E-state index contributed by atoms with van der Waals surface area (Å²) in [5.74, 6) is -0.121. The number of rotatable bonds is 3. The van der Waals surface area contributed by atoms with Crippen LogP contribution >= 0.6 is 11.3 Å². The van der Waals surface area contributed by atoms with Crippen molar-refractivity contribution in [1.82, 2.24) is 10.2 Å². The first-order chi connectivity index (χ1) is 10.7. The highest BCUT2D eigenvalue weighted by Gasteiger charge is 2.40. The van der Waals surface area contributed by atoms with Gasteiger partial charge in [0.1, 0.15) is 5.82 Å². The molecule has 4 rings (SSSR count). The van der Waals surface area contributed by atoms with Crippen molar-refractivity contribution in [3.8, 4) is 10.4 Å². The topological polar surface area (TPSA) is 15.3 Å². The molecule has 2 aromatic rings. The standard InChI is InChI=1S/C18H21FN2S/c19-16-4-3-14(10-15(16)17-2-1-9-22-17)11-21-8-6-18(13-21)5-7-20-12-18/h1-4,9-10,20H,5-8,11-13H2. The number of halogens is 1. The van der Waals surface area contributed by atoms with Gasteiger partial charge in [-0.05, 0) is 60.5 Å². The number of hydrogen-bond acceptors (Lipinski definition) is 3. The van der Waals surface area contributed by atoms with E-state index in [9.17, 15) is 4.39 Å². The number of likely N-dealkylation sites (tertiary alicyclic amines) is 1. The fourth-order valence-electron chi connectivity index (χ4n) is 3.86. The lowest BCUT2D eigenvalue weighted by Gasteiger charge is -2.23. The molecule has 1 spiro atoms. The summed E-state index contributed by atoms with van der Waals surface area (Å²) in [6, 6.07) is 9.54. The van der Waals surface area contributed by atoms with Crippen LogP contribution in [0.4, 0.5) is 4.39 Å². The van der Waals surface area contributed by atoms with E-state index in [-0.39, 0.29) is 5.82 Å². The van der Waals surface area contributed by atoms with Gasteiger partial charge in [-0.15, -0.1) is 11.3 Å². The molecule has 3 heterocycles. The summed E-state index contributed by atoms with van der Waals surface area (Å²) in [6.07, 6.45) is 2.59. The van der Waals surface area contributed by atoms with Crippen molar-refractivity contribution in [2.24, 2.45) is 5.41 Å². The quantitative estimate of drug-likeness (QED) is 0.928. The van der Waals surface area contributed by atoms with E-state index in [1.54, 1.807) is 17.4 Å². The summed E-state index contributed by atoms with van der Waals surface area (Å²) in [6.45, 7) is 5.58. The number of benzene rings is 1. The maximum atomic E-state index is 14.1. The van der Waals surface area contributed by atoms with Gasteiger partial charge in [0.15, 0.2) is 0 Å². The molecule has 2 aliphatic heterocycles. The average molecular weight is 316 g/mol. The molecule has 0 bridgehead atoms. The van der Waals surface area contributed by atoms with Gasteiger partial charge in [-0.3, -0.25) is 4.90 Å². The minimum Gasteiger partial charge on any atom is -0.316 e. The van der Waals surface area contributed by atoms with Gasteiger partial charge in [0, 0.05) is 30.1 Å². The molecule has 4 heteroatoms. The number of hydrogen-bond donors (Lipinski definition) is 1. The van der Waals surface area contributed by atoms with Gasteiger partial charge < -0.3 is 5.32 Å². The molecule has 1 N–H and O–H groups in total. The van der Waals surface area contributed by atoms with Crippen LogP contribution in [0.1, 0.15) is 18.4 Å². The zero-order chi connectivity index (χ0) is 15.0. The van der Waals surface area contributed by atoms with Crippen molar-refractivity contribution >= 4 is 11.3 Å². The van der Waals surface area contributed by atoms with Gasteiger partial charge in [-0.1, -0.05) is 12.1 Å². The van der Waals surface area contributed by atoms with E-state index >= 15 is 0 Å². The molecule has 0 aliphatic carbocycles. The molecular formula is C18H21FN2S. The Hall–Kier alpha value is -1.23. The Morgan fingerprint density at radius 2 is 2.23 bits per heavy atom. The summed E-state index contributed by atoms with van der Waals surface area (Å²) in [5.41, 5.74) is 2.45. The van der Waals surface area contributed by atoms with Gasteiger partial charge >= 0.3 is 0 Å². The van der Waals surface area contributed by atoms with E-state index in [4.69, 9.17) is 0 Å². The van der Waals surface area contributed by atoms with Crippen LogP contribution in [0, 0.1) is 11.2 Å². The molecule has 0 amide bonds. The van der Waals surface area contributed by atoms with Crippen LogP contribution in [-0.2, 0) is 6.54 Å². The third-order valence-corrected chi connectivity index (χ3v) is 5.98. The van der Waals surface area contributed by atoms with Gasteiger partial charge in [0.2, 0.25) is 0 Å². The van der Waals surface area contributed by atoms with Crippen LogP contribution in [0.15, 0.2) is 35.7 Å². The molecule has 0 radical (unpaired) electrons. The zero-order valence-corrected chi connectivity index (χ0v) is 13.5. The van der Waals surface area contributed by atoms with Gasteiger partial charge in [-0.2, -0.15) is 0 Å². The molecule has 2 nitrogen and oxygen atoms in total. The molecule has 0 saturated carbocycles. The minimum absolute atomic E-state index is 0.121. The third kappa shape index (κ3) is 2.71. The highest BCUT2D eigenvalue weighted by molar-refractivity contribution is 7.13. The average Bonchev–Trinajstić information content (AvgIpc) is 3.25. The molecule has 2 aliphatic rings. The van der Waals surface area contributed by atoms with E-state index < -0.39 is 0 Å². The number of thiophene rings is 1. The molecule has 22 heavy (non-hydrogen) atoms. The van der Waals surface area contributed by atoms with E-state index in [0.717, 1.165) is 36.6 Å². The molecule has 2 fully saturated rings. The second-order valence-electron chi connectivity index (χ2n) is 6.68. The Labute approximate surface area is 135 Å². The van der Waals surface area contributed by atoms with Gasteiger partial charge in [0.05, 0.1) is 0 Å². The van der Waals surface area contributed by atoms with Crippen molar-refractivity contribution in [3.05, 3.63) is 47.1 Å². The lowest BCUT2D eigenvalue weighted by molar-refractivity contribution is 0.268. The van der Waals surface area contributed by atoms with Crippen LogP contribution in [0.2, 0.25) is 0 Å². The Morgan fingerprint density at radius 3 is 3.00 bits per heavy atom. The molecule has 1 atom stereocenters. The maximum absolute atomic E-state index is 14.1. The van der Waals surface area contributed by atoms with Crippen LogP contribution in [0.3, 0.4) is 0 Å². The highest BCUT2D eigenvalue weighted by atomic mass is 32.1. The second kappa shape index (κ2) is 5.76. The number of nitrogens with one attached hydrogen (secondary N) is 1. The summed E-state index contributed by atoms with van der Waals surface area (Å²) < 4.78 is 14.1. The van der Waals surface area contributed by atoms with Crippen molar-refractivity contribution in [2.45, 2.75) is 19.4 Å². The van der Waals surface area contributed by atoms with Crippen LogP contribution in [0.5, 0.6) is 0 Å². The first-order valence-electron chi connectivity index (χ1n) is 8.00. The number of nitrogens with zero attached hydrogens (tertiary/aromatic N) is 1. The minimum atomic E-state index is -0.121. The molecule has 1 aromatic carbocycles. The monoisotopic (exact) mass is 316 g/mol. The van der Waals surface area contributed by atoms with E-state index in [2.05, 4.69) is 10.2 Å². The smallest absolute Gasteiger partial charge is 0.131 e. The first kappa shape index (κ1) is 14.4. The fourth-order valence-corrected chi connectivity index (χ4v) is 4.60. The predicted molar refractivity (Wildman–Crippen MR) is 89.5 cm³/mol. The highest BCUT2D eigenvalue weighted by Crippen LogP contribution is 2.37.